The molecule has 2 fully saturated rings. The van der Waals surface area contributed by atoms with Crippen LogP contribution in [0.1, 0.15) is 36.8 Å². The van der Waals surface area contributed by atoms with Gasteiger partial charge in [-0.25, -0.2) is 9.97 Å². The maximum Gasteiger partial charge on any atom is 0.233 e. The van der Waals surface area contributed by atoms with Gasteiger partial charge in [0.2, 0.25) is 11.8 Å². The van der Waals surface area contributed by atoms with E-state index >= 15 is 0 Å². The summed E-state index contributed by atoms with van der Waals surface area (Å²) < 4.78 is 0. The lowest BCUT2D eigenvalue weighted by molar-refractivity contribution is -0.128. The lowest BCUT2D eigenvalue weighted by Crippen LogP contribution is -2.29. The fourth-order valence-corrected chi connectivity index (χ4v) is 6.61. The van der Waals surface area contributed by atoms with Crippen LogP contribution in [-0.4, -0.2) is 69.3 Å². The van der Waals surface area contributed by atoms with E-state index in [-0.39, 0.29) is 23.3 Å². The first kappa shape index (κ1) is 24.9. The van der Waals surface area contributed by atoms with Gasteiger partial charge in [-0.15, -0.1) is 11.8 Å². The smallest absolute Gasteiger partial charge is 0.233 e. The number of aromatic nitrogens is 2. The molecular formula is C24H27N5O2S3. The molecule has 1 aromatic heterocycles. The van der Waals surface area contributed by atoms with Gasteiger partial charge in [-0.2, -0.15) is 5.26 Å². The van der Waals surface area contributed by atoms with Crippen LogP contribution in [0.2, 0.25) is 0 Å². The van der Waals surface area contributed by atoms with Crippen LogP contribution in [-0.2, 0) is 15.3 Å². The molecule has 3 heterocycles. The normalized spacial score (nSPS) is 15.5. The first-order chi connectivity index (χ1) is 16.6. The molecule has 2 aliphatic rings. The van der Waals surface area contributed by atoms with Crippen molar-refractivity contribution in [3.05, 3.63) is 41.5 Å². The van der Waals surface area contributed by atoms with E-state index in [4.69, 9.17) is 0 Å². The summed E-state index contributed by atoms with van der Waals surface area (Å²) in [5, 5.41) is 11.5. The lowest BCUT2D eigenvalue weighted by Gasteiger charge is -2.16. The molecule has 10 heteroatoms. The van der Waals surface area contributed by atoms with Gasteiger partial charge in [0.1, 0.15) is 21.7 Å². The second-order valence-electron chi connectivity index (χ2n) is 8.13. The summed E-state index contributed by atoms with van der Waals surface area (Å²) in [6, 6.07) is 12.3. The minimum Gasteiger partial charge on any atom is -0.342 e. The van der Waals surface area contributed by atoms with Gasteiger partial charge in [-0.1, -0.05) is 53.9 Å². The molecule has 0 N–H and O–H groups in total. The van der Waals surface area contributed by atoms with E-state index in [9.17, 15) is 14.9 Å². The van der Waals surface area contributed by atoms with E-state index in [1.165, 1.54) is 35.3 Å². The number of rotatable bonds is 9. The molecule has 0 aliphatic carbocycles. The summed E-state index contributed by atoms with van der Waals surface area (Å²) in [5.41, 5.74) is 1.53. The number of benzene rings is 1. The van der Waals surface area contributed by atoms with Crippen LogP contribution in [0.15, 0.2) is 45.5 Å². The molecule has 178 valence electrons. The third kappa shape index (κ3) is 6.68. The second kappa shape index (κ2) is 12.5. The molecule has 0 bridgehead atoms. The predicted octanol–water partition coefficient (Wildman–Crippen LogP) is 4.07. The van der Waals surface area contributed by atoms with E-state index < -0.39 is 0 Å². The highest BCUT2D eigenvalue weighted by molar-refractivity contribution is 8.01. The van der Waals surface area contributed by atoms with E-state index in [0.717, 1.165) is 57.4 Å². The van der Waals surface area contributed by atoms with E-state index in [0.29, 0.717) is 26.5 Å². The Balaban J connectivity index is 1.51. The Morgan fingerprint density at radius 2 is 1.35 bits per heavy atom. The van der Waals surface area contributed by atoms with Crippen molar-refractivity contribution in [2.75, 3.05) is 37.7 Å². The van der Waals surface area contributed by atoms with Crippen LogP contribution < -0.4 is 0 Å². The summed E-state index contributed by atoms with van der Waals surface area (Å²) >= 11 is 4.07. The van der Waals surface area contributed by atoms with Gasteiger partial charge >= 0.3 is 0 Å². The zero-order valence-corrected chi connectivity index (χ0v) is 21.4. The number of hydrogen-bond acceptors (Lipinski definition) is 8. The molecule has 1 aromatic carbocycles. The summed E-state index contributed by atoms with van der Waals surface area (Å²) in [5.74, 6) is 1.34. The molecule has 2 saturated heterocycles. The fraction of sp³-hybridized carbons (Fsp3) is 0.458. The third-order valence-electron chi connectivity index (χ3n) is 5.73. The number of nitriles is 1. The number of carbonyl (C=O) groups excluding carboxylic acids is 2. The Bertz CT molecular complexity index is 1050. The zero-order valence-electron chi connectivity index (χ0n) is 18.9. The van der Waals surface area contributed by atoms with Crippen molar-refractivity contribution in [2.24, 2.45) is 0 Å². The predicted molar refractivity (Wildman–Crippen MR) is 136 cm³/mol. The zero-order chi connectivity index (χ0) is 23.8. The van der Waals surface area contributed by atoms with Crippen LogP contribution in [0.3, 0.4) is 0 Å². The molecule has 4 rings (SSSR count). The Hall–Kier alpha value is -2.22. The Labute approximate surface area is 213 Å². The fourth-order valence-electron chi connectivity index (χ4n) is 3.87. The summed E-state index contributed by atoms with van der Waals surface area (Å²) in [4.78, 5) is 38.1. The Kier molecular flexibility index (Phi) is 9.13. The van der Waals surface area contributed by atoms with Crippen molar-refractivity contribution >= 4 is 47.1 Å². The number of thioether (sulfide) groups is 3. The summed E-state index contributed by atoms with van der Waals surface area (Å²) in [7, 11) is 0. The average molecular weight is 514 g/mol. The molecule has 0 spiro atoms. The molecule has 0 unspecified atom stereocenters. The maximum atomic E-state index is 12.6. The van der Waals surface area contributed by atoms with Crippen LogP contribution >= 0.6 is 35.3 Å². The van der Waals surface area contributed by atoms with Crippen molar-refractivity contribution in [1.29, 1.82) is 5.26 Å². The molecule has 34 heavy (non-hydrogen) atoms. The van der Waals surface area contributed by atoms with E-state index in [1.54, 1.807) is 0 Å². The van der Waals surface area contributed by atoms with Crippen LogP contribution in [0, 0.1) is 11.3 Å². The molecule has 0 radical (unpaired) electrons. The number of hydrogen-bond donors (Lipinski definition) is 0. The van der Waals surface area contributed by atoms with Crippen LogP contribution in [0.5, 0.6) is 0 Å². The summed E-state index contributed by atoms with van der Waals surface area (Å²) in [6.45, 7) is 3.22. The monoisotopic (exact) mass is 513 g/mol. The highest BCUT2D eigenvalue weighted by atomic mass is 32.2. The Morgan fingerprint density at radius 1 is 0.824 bits per heavy atom. The van der Waals surface area contributed by atoms with Crippen LogP contribution in [0.25, 0.3) is 0 Å². The highest BCUT2D eigenvalue weighted by Gasteiger charge is 2.22. The molecular weight excluding hydrogens is 486 g/mol. The largest absolute Gasteiger partial charge is 0.342 e. The topological polar surface area (TPSA) is 90.2 Å². The van der Waals surface area contributed by atoms with Gasteiger partial charge in [0.25, 0.3) is 0 Å². The molecule has 2 aliphatic heterocycles. The van der Waals surface area contributed by atoms with Crippen molar-refractivity contribution in [3.63, 3.8) is 0 Å². The van der Waals surface area contributed by atoms with Gasteiger partial charge in [-0.3, -0.25) is 9.59 Å². The molecule has 2 aromatic rings. The van der Waals surface area contributed by atoms with Crippen molar-refractivity contribution in [3.8, 4) is 6.07 Å². The standard InChI is InChI=1S/C24H27N5O2S3/c25-14-19-22(32-15-18-8-2-1-3-9-18)26-24(34-17-21(31)29-12-6-7-13-29)27-23(19)33-16-20(30)28-10-4-5-11-28/h1-3,8-9H,4-7,10-13,15-17H2. The number of amides is 2. The number of likely N-dealkylation sites (tertiary alicyclic amines) is 2. The van der Waals surface area contributed by atoms with Crippen molar-refractivity contribution < 1.29 is 9.59 Å². The van der Waals surface area contributed by atoms with E-state index in [1.807, 2.05) is 40.1 Å². The first-order valence-corrected chi connectivity index (χ1v) is 14.4. The maximum absolute atomic E-state index is 12.6. The van der Waals surface area contributed by atoms with E-state index in [2.05, 4.69) is 16.0 Å². The first-order valence-electron chi connectivity index (χ1n) is 11.4. The van der Waals surface area contributed by atoms with Crippen molar-refractivity contribution in [1.82, 2.24) is 19.8 Å². The van der Waals surface area contributed by atoms with Gasteiger partial charge in [0, 0.05) is 31.9 Å². The third-order valence-corrected chi connectivity index (χ3v) is 8.57. The van der Waals surface area contributed by atoms with Gasteiger partial charge < -0.3 is 9.80 Å². The van der Waals surface area contributed by atoms with Gasteiger partial charge in [0.15, 0.2) is 5.16 Å². The number of carbonyl (C=O) groups is 2. The molecule has 2 amide bonds. The number of nitrogens with zero attached hydrogens (tertiary/aromatic N) is 5. The summed E-state index contributed by atoms with van der Waals surface area (Å²) in [6.07, 6.45) is 4.19. The molecule has 7 nitrogen and oxygen atoms in total. The lowest BCUT2D eigenvalue weighted by atomic mass is 10.2. The van der Waals surface area contributed by atoms with Gasteiger partial charge in [-0.05, 0) is 31.2 Å². The highest BCUT2D eigenvalue weighted by Crippen LogP contribution is 2.33. The molecule has 0 saturated carbocycles. The molecule has 0 atom stereocenters. The second-order valence-corrected chi connectivity index (χ2v) is 11.0. The quantitative estimate of drug-likeness (QED) is 0.282. The van der Waals surface area contributed by atoms with Gasteiger partial charge in [0.05, 0.1) is 11.5 Å². The average Bonchev–Trinajstić information content (AvgIpc) is 3.60. The minimum absolute atomic E-state index is 0.0712. The SMILES string of the molecule is N#Cc1c(SCC(=O)N2CCCC2)nc(SCC(=O)N2CCCC2)nc1SCc1ccccc1. The van der Waals surface area contributed by atoms with Crippen LogP contribution in [0.4, 0.5) is 0 Å². The van der Waals surface area contributed by atoms with Crippen molar-refractivity contribution in [2.45, 2.75) is 46.6 Å². The minimum atomic E-state index is 0.0712. The Morgan fingerprint density at radius 3 is 1.91 bits per heavy atom.